The molecule has 1 aliphatic heterocycles. The van der Waals surface area contributed by atoms with E-state index in [4.69, 9.17) is 23.2 Å². The quantitative estimate of drug-likeness (QED) is 0.297. The highest BCUT2D eigenvalue weighted by molar-refractivity contribution is 6.42. The molecule has 0 unspecified atom stereocenters. The fraction of sp³-hybridized carbons (Fsp3) is 0.438. The van der Waals surface area contributed by atoms with Crippen LogP contribution in [0.4, 0.5) is 0 Å². The standard InChI is InChI=1S/C32H35Cl2N3O4/c33-26-15-14-22(18-27(26)34)20-37(29(38)16-17-36-31(40)24-12-6-7-13-25(24)32(36)41)28(19-21-8-2-1-3-9-21)30(39)35-23-10-4-5-11-23/h1-3,6-9,14-15,18,23-25,28H,4-5,10-13,16-17,19-20H2,(H,35,39)/t24-,25+,28-/m0/s1. The molecule has 5 rings (SSSR count). The maximum Gasteiger partial charge on any atom is 0.243 e. The summed E-state index contributed by atoms with van der Waals surface area (Å²) in [6, 6.07) is 14.0. The van der Waals surface area contributed by atoms with Gasteiger partial charge in [-0.25, -0.2) is 0 Å². The summed E-state index contributed by atoms with van der Waals surface area (Å²) >= 11 is 12.4. The largest absolute Gasteiger partial charge is 0.352 e. The molecule has 1 saturated carbocycles. The minimum absolute atomic E-state index is 0.0102. The zero-order chi connectivity index (χ0) is 28.9. The molecule has 2 aliphatic carbocycles. The lowest BCUT2D eigenvalue weighted by molar-refractivity contribution is -0.144. The molecule has 2 fully saturated rings. The minimum atomic E-state index is -0.795. The van der Waals surface area contributed by atoms with Crippen LogP contribution in [0.15, 0.2) is 60.7 Å². The van der Waals surface area contributed by atoms with E-state index in [1.807, 2.05) is 42.5 Å². The van der Waals surface area contributed by atoms with Gasteiger partial charge in [0, 0.05) is 32.0 Å². The molecule has 0 bridgehead atoms. The van der Waals surface area contributed by atoms with Crippen LogP contribution in [-0.2, 0) is 32.1 Å². The van der Waals surface area contributed by atoms with Gasteiger partial charge in [0.25, 0.3) is 0 Å². The SMILES string of the molecule is O=C(NC1CCCC1)[C@H](Cc1ccccc1)N(Cc1ccc(Cl)c(Cl)c1)C(=O)CCN1C(=O)[C@H]2CC=CC[C@H]2C1=O. The number of nitrogens with one attached hydrogen (secondary N) is 1. The second-order valence-electron chi connectivity index (χ2n) is 11.2. The first-order chi connectivity index (χ1) is 19.8. The van der Waals surface area contributed by atoms with Crippen molar-refractivity contribution in [2.45, 2.75) is 70.0 Å². The van der Waals surface area contributed by atoms with Gasteiger partial charge in [-0.15, -0.1) is 0 Å². The van der Waals surface area contributed by atoms with Crippen LogP contribution in [0.2, 0.25) is 10.0 Å². The molecule has 3 atom stereocenters. The lowest BCUT2D eigenvalue weighted by Crippen LogP contribution is -2.52. The topological polar surface area (TPSA) is 86.8 Å². The smallest absolute Gasteiger partial charge is 0.243 e. The zero-order valence-corrected chi connectivity index (χ0v) is 24.4. The van der Waals surface area contributed by atoms with Crippen molar-refractivity contribution in [2.24, 2.45) is 11.8 Å². The summed E-state index contributed by atoms with van der Waals surface area (Å²) in [4.78, 5) is 56.7. The van der Waals surface area contributed by atoms with E-state index in [2.05, 4.69) is 5.32 Å². The molecule has 216 valence electrons. The van der Waals surface area contributed by atoms with Crippen molar-refractivity contribution in [1.29, 1.82) is 0 Å². The number of carbonyl (C=O) groups is 4. The molecule has 0 spiro atoms. The highest BCUT2D eigenvalue weighted by atomic mass is 35.5. The first kappa shape index (κ1) is 29.3. The third-order valence-electron chi connectivity index (χ3n) is 8.46. The van der Waals surface area contributed by atoms with E-state index >= 15 is 0 Å². The predicted octanol–water partition coefficient (Wildman–Crippen LogP) is 5.33. The highest BCUT2D eigenvalue weighted by Crippen LogP contribution is 2.35. The van der Waals surface area contributed by atoms with E-state index in [1.54, 1.807) is 23.1 Å². The Hall–Kier alpha value is -3.16. The second-order valence-corrected chi connectivity index (χ2v) is 12.0. The Morgan fingerprint density at radius 1 is 0.902 bits per heavy atom. The summed E-state index contributed by atoms with van der Waals surface area (Å²) in [5, 5.41) is 3.94. The number of allylic oxidation sites excluding steroid dienone is 2. The van der Waals surface area contributed by atoms with Crippen molar-refractivity contribution < 1.29 is 19.2 Å². The molecule has 2 aromatic carbocycles. The first-order valence-electron chi connectivity index (χ1n) is 14.4. The Bertz CT molecular complexity index is 1300. The molecule has 0 radical (unpaired) electrons. The van der Waals surface area contributed by atoms with E-state index in [1.165, 1.54) is 4.90 Å². The molecule has 41 heavy (non-hydrogen) atoms. The van der Waals surface area contributed by atoms with Crippen molar-refractivity contribution in [2.75, 3.05) is 6.54 Å². The normalized spacial score (nSPS) is 21.2. The molecule has 3 aliphatic rings. The van der Waals surface area contributed by atoms with Crippen molar-refractivity contribution in [3.05, 3.63) is 81.9 Å². The molecule has 0 aromatic heterocycles. The zero-order valence-electron chi connectivity index (χ0n) is 22.9. The summed E-state index contributed by atoms with van der Waals surface area (Å²) in [7, 11) is 0. The number of amides is 4. The molecule has 1 saturated heterocycles. The maximum absolute atomic E-state index is 14.0. The summed E-state index contributed by atoms with van der Waals surface area (Å²) in [6.07, 6.45) is 9.19. The molecular formula is C32H35Cl2N3O4. The van der Waals surface area contributed by atoms with Crippen molar-refractivity contribution in [3.63, 3.8) is 0 Å². The predicted molar refractivity (Wildman–Crippen MR) is 158 cm³/mol. The summed E-state index contributed by atoms with van der Waals surface area (Å²) in [5.74, 6) is -1.65. The monoisotopic (exact) mass is 595 g/mol. The number of hydrogen-bond acceptors (Lipinski definition) is 4. The molecule has 7 nitrogen and oxygen atoms in total. The third-order valence-corrected chi connectivity index (χ3v) is 9.20. The average Bonchev–Trinajstić information content (AvgIpc) is 3.57. The fourth-order valence-corrected chi connectivity index (χ4v) is 6.52. The van der Waals surface area contributed by atoms with E-state index in [9.17, 15) is 19.2 Å². The highest BCUT2D eigenvalue weighted by Gasteiger charge is 2.47. The first-order valence-corrected chi connectivity index (χ1v) is 15.2. The van der Waals surface area contributed by atoms with E-state index in [0.29, 0.717) is 29.3 Å². The summed E-state index contributed by atoms with van der Waals surface area (Å²) < 4.78 is 0. The Labute approximate surface area is 250 Å². The number of imide groups is 1. The van der Waals surface area contributed by atoms with Crippen LogP contribution in [0.25, 0.3) is 0 Å². The molecule has 1 N–H and O–H groups in total. The summed E-state index contributed by atoms with van der Waals surface area (Å²) in [5.41, 5.74) is 1.65. The van der Waals surface area contributed by atoms with Crippen LogP contribution in [0.1, 0.15) is 56.1 Å². The van der Waals surface area contributed by atoms with Gasteiger partial charge in [-0.2, -0.15) is 0 Å². The second kappa shape index (κ2) is 13.2. The van der Waals surface area contributed by atoms with Crippen LogP contribution in [0.5, 0.6) is 0 Å². The van der Waals surface area contributed by atoms with Crippen molar-refractivity contribution >= 4 is 46.8 Å². The van der Waals surface area contributed by atoms with E-state index in [-0.39, 0.29) is 61.0 Å². The lowest BCUT2D eigenvalue weighted by Gasteiger charge is -2.33. The van der Waals surface area contributed by atoms with Gasteiger partial charge in [-0.05, 0) is 48.9 Å². The number of benzene rings is 2. The van der Waals surface area contributed by atoms with Crippen molar-refractivity contribution in [3.8, 4) is 0 Å². The van der Waals surface area contributed by atoms with Gasteiger partial charge in [-0.3, -0.25) is 24.1 Å². The van der Waals surface area contributed by atoms with Gasteiger partial charge in [0.2, 0.25) is 23.6 Å². The van der Waals surface area contributed by atoms with Crippen LogP contribution in [0, 0.1) is 11.8 Å². The average molecular weight is 597 g/mol. The number of nitrogens with zero attached hydrogens (tertiary/aromatic N) is 2. The van der Waals surface area contributed by atoms with Crippen LogP contribution < -0.4 is 5.32 Å². The third kappa shape index (κ3) is 6.84. The van der Waals surface area contributed by atoms with Gasteiger partial charge in [0.05, 0.1) is 21.9 Å². The maximum atomic E-state index is 14.0. The molecule has 1 heterocycles. The molecule has 9 heteroatoms. The molecular weight excluding hydrogens is 561 g/mol. The van der Waals surface area contributed by atoms with Crippen LogP contribution in [-0.4, -0.2) is 52.1 Å². The van der Waals surface area contributed by atoms with Crippen molar-refractivity contribution in [1.82, 2.24) is 15.1 Å². The summed E-state index contributed by atoms with van der Waals surface area (Å²) in [6.45, 7) is 0.117. The van der Waals surface area contributed by atoms with Crippen LogP contribution >= 0.6 is 23.2 Å². The number of hydrogen-bond donors (Lipinski definition) is 1. The van der Waals surface area contributed by atoms with E-state index < -0.39 is 6.04 Å². The van der Waals surface area contributed by atoms with Gasteiger partial charge in [-0.1, -0.05) is 84.6 Å². The molecule has 4 amide bonds. The van der Waals surface area contributed by atoms with Gasteiger partial charge in [0.1, 0.15) is 6.04 Å². The number of carbonyl (C=O) groups excluding carboxylic acids is 4. The fourth-order valence-electron chi connectivity index (χ4n) is 6.20. The Kier molecular flexibility index (Phi) is 9.46. The lowest BCUT2D eigenvalue weighted by atomic mass is 9.85. The number of likely N-dealkylation sites (tertiary alicyclic amines) is 1. The van der Waals surface area contributed by atoms with E-state index in [0.717, 1.165) is 36.8 Å². The van der Waals surface area contributed by atoms with Gasteiger partial charge in [0.15, 0.2) is 0 Å². The van der Waals surface area contributed by atoms with Crippen LogP contribution in [0.3, 0.4) is 0 Å². The number of fused-ring (bicyclic) bond motifs is 1. The Morgan fingerprint density at radius 2 is 1.56 bits per heavy atom. The number of rotatable bonds is 10. The Balaban J connectivity index is 1.40. The van der Waals surface area contributed by atoms with Gasteiger partial charge >= 0.3 is 0 Å². The van der Waals surface area contributed by atoms with Gasteiger partial charge < -0.3 is 10.2 Å². The Morgan fingerprint density at radius 3 is 2.20 bits per heavy atom. The number of halogens is 2. The minimum Gasteiger partial charge on any atom is -0.352 e. The molecule has 2 aromatic rings.